The van der Waals surface area contributed by atoms with Gasteiger partial charge in [0.25, 0.3) is 10.0 Å². The highest BCUT2D eigenvalue weighted by Gasteiger charge is 2.35. The fourth-order valence-electron chi connectivity index (χ4n) is 3.51. The molecular formula is C24H25F3N4O4S. The molecule has 0 saturated carbocycles. The molecule has 0 amide bonds. The number of nitrogens with one attached hydrogen (secondary N) is 2. The molecule has 36 heavy (non-hydrogen) atoms. The molecule has 3 aromatic rings. The number of nitrogens with zero attached hydrogens (tertiary/aromatic N) is 2. The molecule has 12 heteroatoms. The third-order valence-corrected chi connectivity index (χ3v) is 6.66. The lowest BCUT2D eigenvalue weighted by molar-refractivity contribution is -0.137. The predicted octanol–water partition coefficient (Wildman–Crippen LogP) is 4.41. The van der Waals surface area contributed by atoms with Crippen LogP contribution in [0.2, 0.25) is 0 Å². The molecule has 0 radical (unpaired) electrons. The first-order chi connectivity index (χ1) is 17.0. The number of sulfonamides is 1. The number of alkyl halides is 3. The number of hydrogen-bond acceptors (Lipinski definition) is 7. The maximum absolute atomic E-state index is 13.7. The Bertz CT molecular complexity index is 1330. The van der Waals surface area contributed by atoms with Crippen molar-refractivity contribution in [3.63, 3.8) is 0 Å². The summed E-state index contributed by atoms with van der Waals surface area (Å²) in [7, 11) is -4.34. The molecule has 0 aliphatic carbocycles. The van der Waals surface area contributed by atoms with E-state index in [1.807, 2.05) is 0 Å². The van der Waals surface area contributed by atoms with Crippen LogP contribution in [0.5, 0.6) is 0 Å². The minimum atomic E-state index is -4.70. The Hall–Kier alpha value is -3.51. The molecule has 0 spiro atoms. The first-order valence-corrected chi connectivity index (χ1v) is 12.5. The van der Waals surface area contributed by atoms with Gasteiger partial charge in [0.15, 0.2) is 5.03 Å². The van der Waals surface area contributed by atoms with E-state index < -0.39 is 44.6 Å². The summed E-state index contributed by atoms with van der Waals surface area (Å²) < 4.78 is 69.1. The van der Waals surface area contributed by atoms with Crippen molar-refractivity contribution in [2.24, 2.45) is 0 Å². The summed E-state index contributed by atoms with van der Waals surface area (Å²) in [5.41, 5.74) is -0.657. The number of halogens is 3. The normalized spacial score (nSPS) is 13.6. The van der Waals surface area contributed by atoms with Gasteiger partial charge in [-0.05, 0) is 43.2 Å². The van der Waals surface area contributed by atoms with Crippen molar-refractivity contribution in [1.29, 1.82) is 0 Å². The van der Waals surface area contributed by atoms with Crippen molar-refractivity contribution in [3.8, 4) is 11.3 Å². The second-order valence-corrected chi connectivity index (χ2v) is 9.63. The van der Waals surface area contributed by atoms with E-state index in [4.69, 9.17) is 0 Å². The number of aliphatic hydroxyl groups is 1. The molecule has 0 unspecified atom stereocenters. The van der Waals surface area contributed by atoms with Crippen molar-refractivity contribution in [2.45, 2.75) is 50.0 Å². The largest absolute Gasteiger partial charge is 0.418 e. The Labute approximate surface area is 206 Å². The SMILES string of the molecule is CC[C@@H](O)[C@H](CC=O)Nc1cccc(S(=O)(=O)Nc2ccc(C(F)(F)F)c(-c3ccccc3C)n2)n1. The number of carbonyl (C=O) groups excluding carboxylic acids is 1. The molecule has 2 aromatic heterocycles. The van der Waals surface area contributed by atoms with E-state index in [-0.39, 0.29) is 23.6 Å². The van der Waals surface area contributed by atoms with Crippen LogP contribution in [0.15, 0.2) is 59.6 Å². The number of hydrogen-bond donors (Lipinski definition) is 3. The summed E-state index contributed by atoms with van der Waals surface area (Å²) in [6.07, 6.45) is -4.62. The highest BCUT2D eigenvalue weighted by Crippen LogP contribution is 2.38. The lowest BCUT2D eigenvalue weighted by atomic mass is 10.0. The number of rotatable bonds is 10. The Morgan fingerprint density at radius 2 is 1.75 bits per heavy atom. The van der Waals surface area contributed by atoms with E-state index in [9.17, 15) is 31.5 Å². The predicted molar refractivity (Wildman–Crippen MR) is 129 cm³/mol. The van der Waals surface area contributed by atoms with Crippen LogP contribution in [0, 0.1) is 6.92 Å². The zero-order valence-corrected chi connectivity index (χ0v) is 20.3. The molecule has 3 rings (SSSR count). The number of benzene rings is 1. The van der Waals surface area contributed by atoms with Gasteiger partial charge >= 0.3 is 6.18 Å². The third-order valence-electron chi connectivity index (χ3n) is 5.40. The molecule has 3 N–H and O–H groups in total. The molecule has 0 fully saturated rings. The summed E-state index contributed by atoms with van der Waals surface area (Å²) in [5, 5.41) is 12.5. The molecule has 192 valence electrons. The quantitative estimate of drug-likeness (QED) is 0.337. The average Bonchev–Trinajstić information content (AvgIpc) is 2.83. The number of aryl methyl sites for hydroxylation is 1. The molecule has 1 aromatic carbocycles. The van der Waals surface area contributed by atoms with E-state index in [0.717, 1.165) is 12.1 Å². The van der Waals surface area contributed by atoms with Crippen LogP contribution in [-0.4, -0.2) is 41.9 Å². The Morgan fingerprint density at radius 1 is 1.03 bits per heavy atom. The van der Waals surface area contributed by atoms with Gasteiger partial charge in [0.05, 0.1) is 23.4 Å². The highest BCUT2D eigenvalue weighted by molar-refractivity contribution is 7.92. The zero-order chi connectivity index (χ0) is 26.5. The maximum atomic E-state index is 13.7. The van der Waals surface area contributed by atoms with Crippen LogP contribution in [0.3, 0.4) is 0 Å². The summed E-state index contributed by atoms with van der Waals surface area (Å²) >= 11 is 0. The minimum absolute atomic E-state index is 0.0247. The molecule has 0 aliphatic rings. The number of aliphatic hydroxyl groups excluding tert-OH is 1. The van der Waals surface area contributed by atoms with Crippen LogP contribution >= 0.6 is 0 Å². The van der Waals surface area contributed by atoms with Crippen LogP contribution in [0.1, 0.15) is 30.9 Å². The number of pyridine rings is 2. The standard InChI is InChI=1S/C24H25F3N4O4S/c1-3-19(33)18(13-14-32)28-20-9-6-10-22(29-20)36(34,35)31-21-12-11-17(24(25,26)27)23(30-21)16-8-5-4-7-15(16)2/h4-12,14,18-19,33H,3,13H2,1-2H3,(H,28,29)(H,30,31)/t18-,19+/m0/s1. The number of anilines is 2. The van der Waals surface area contributed by atoms with Crippen molar-refractivity contribution < 1.29 is 31.5 Å². The monoisotopic (exact) mass is 522 g/mol. The topological polar surface area (TPSA) is 121 Å². The van der Waals surface area contributed by atoms with Gasteiger partial charge in [0.1, 0.15) is 17.9 Å². The van der Waals surface area contributed by atoms with Gasteiger partial charge in [-0.15, -0.1) is 0 Å². The molecule has 0 aliphatic heterocycles. The average molecular weight is 523 g/mol. The minimum Gasteiger partial charge on any atom is -0.391 e. The first-order valence-electron chi connectivity index (χ1n) is 11.0. The van der Waals surface area contributed by atoms with E-state index in [0.29, 0.717) is 18.3 Å². The number of aldehydes is 1. The van der Waals surface area contributed by atoms with Gasteiger partial charge in [0, 0.05) is 12.0 Å². The van der Waals surface area contributed by atoms with E-state index in [2.05, 4.69) is 20.0 Å². The summed E-state index contributed by atoms with van der Waals surface area (Å²) in [5.74, 6) is -0.222. The fraction of sp³-hybridized carbons (Fsp3) is 0.292. The Kier molecular flexibility index (Phi) is 8.31. The van der Waals surface area contributed by atoms with Gasteiger partial charge in [-0.2, -0.15) is 21.6 Å². The van der Waals surface area contributed by atoms with Gasteiger partial charge in [-0.25, -0.2) is 9.97 Å². The Balaban J connectivity index is 1.95. The molecule has 8 nitrogen and oxygen atoms in total. The molecule has 2 atom stereocenters. The second-order valence-electron chi connectivity index (χ2n) is 8.00. The van der Waals surface area contributed by atoms with Crippen LogP contribution in [-0.2, 0) is 21.0 Å². The third kappa shape index (κ3) is 6.38. The maximum Gasteiger partial charge on any atom is 0.418 e. The smallest absolute Gasteiger partial charge is 0.391 e. The summed E-state index contributed by atoms with van der Waals surface area (Å²) in [6, 6.07) is 11.4. The number of aromatic nitrogens is 2. The lowest BCUT2D eigenvalue weighted by Gasteiger charge is -2.22. The number of carbonyl (C=O) groups is 1. The molecule has 0 bridgehead atoms. The van der Waals surface area contributed by atoms with Crippen molar-refractivity contribution in [2.75, 3.05) is 10.0 Å². The van der Waals surface area contributed by atoms with E-state index in [1.165, 1.54) is 24.3 Å². The summed E-state index contributed by atoms with van der Waals surface area (Å²) in [4.78, 5) is 19.0. The first kappa shape index (κ1) is 27.1. The zero-order valence-electron chi connectivity index (χ0n) is 19.5. The van der Waals surface area contributed by atoms with Crippen molar-refractivity contribution in [3.05, 3.63) is 65.7 Å². The van der Waals surface area contributed by atoms with Crippen LogP contribution in [0.25, 0.3) is 11.3 Å². The second kappa shape index (κ2) is 11.0. The van der Waals surface area contributed by atoms with Gasteiger partial charge < -0.3 is 15.2 Å². The molecule has 2 heterocycles. The van der Waals surface area contributed by atoms with Crippen LogP contribution < -0.4 is 10.0 Å². The summed E-state index contributed by atoms with van der Waals surface area (Å²) in [6.45, 7) is 3.36. The van der Waals surface area contributed by atoms with Crippen molar-refractivity contribution >= 4 is 27.9 Å². The molecule has 0 saturated heterocycles. The fourth-order valence-corrected chi connectivity index (χ4v) is 4.48. The van der Waals surface area contributed by atoms with Gasteiger partial charge in [-0.3, -0.25) is 4.72 Å². The van der Waals surface area contributed by atoms with Crippen LogP contribution in [0.4, 0.5) is 24.8 Å². The van der Waals surface area contributed by atoms with E-state index in [1.54, 1.807) is 32.0 Å². The Morgan fingerprint density at radius 3 is 2.39 bits per heavy atom. The molecular weight excluding hydrogens is 497 g/mol. The van der Waals surface area contributed by atoms with E-state index >= 15 is 0 Å². The van der Waals surface area contributed by atoms with Crippen molar-refractivity contribution in [1.82, 2.24) is 9.97 Å². The van der Waals surface area contributed by atoms with Gasteiger partial charge in [0.2, 0.25) is 0 Å². The highest BCUT2D eigenvalue weighted by atomic mass is 32.2. The van der Waals surface area contributed by atoms with Gasteiger partial charge in [-0.1, -0.05) is 37.3 Å². The lowest BCUT2D eigenvalue weighted by Crippen LogP contribution is -2.34.